The smallest absolute Gasteiger partial charge is 0.255 e. The summed E-state index contributed by atoms with van der Waals surface area (Å²) >= 11 is 0. The summed E-state index contributed by atoms with van der Waals surface area (Å²) in [4.78, 5) is 24.2. The number of amides is 1. The highest BCUT2D eigenvalue weighted by Gasteiger charge is 2.21. The van der Waals surface area contributed by atoms with Crippen LogP contribution in [0.25, 0.3) is 5.57 Å². The summed E-state index contributed by atoms with van der Waals surface area (Å²) in [5.74, 6) is -0.177. The van der Waals surface area contributed by atoms with Crippen molar-refractivity contribution in [1.29, 1.82) is 0 Å². The van der Waals surface area contributed by atoms with E-state index in [1.807, 2.05) is 58.0 Å². The third-order valence-corrected chi connectivity index (χ3v) is 3.52. The van der Waals surface area contributed by atoms with Crippen molar-refractivity contribution in [3.05, 3.63) is 41.5 Å². The van der Waals surface area contributed by atoms with Gasteiger partial charge in [0.05, 0.1) is 5.57 Å². The Bertz CT molecular complexity index is 515. The summed E-state index contributed by atoms with van der Waals surface area (Å²) < 4.78 is 0. The topological polar surface area (TPSA) is 46.2 Å². The highest BCUT2D eigenvalue weighted by Crippen LogP contribution is 2.19. The van der Waals surface area contributed by atoms with Crippen LogP contribution in [0, 0.1) is 5.92 Å². The van der Waals surface area contributed by atoms with Gasteiger partial charge in [0.2, 0.25) is 0 Å². The summed E-state index contributed by atoms with van der Waals surface area (Å²) in [6.07, 6.45) is 0. The molecule has 3 heteroatoms. The minimum atomic E-state index is -0.292. The van der Waals surface area contributed by atoms with Crippen molar-refractivity contribution < 1.29 is 9.59 Å². The van der Waals surface area contributed by atoms with Crippen molar-refractivity contribution in [1.82, 2.24) is 5.32 Å². The van der Waals surface area contributed by atoms with Crippen LogP contribution in [-0.4, -0.2) is 17.7 Å². The number of ketones is 1. The molecule has 20 heavy (non-hydrogen) atoms. The molecule has 1 rings (SSSR count). The Morgan fingerprint density at radius 2 is 1.55 bits per heavy atom. The largest absolute Gasteiger partial charge is 0.349 e. The van der Waals surface area contributed by atoms with Crippen molar-refractivity contribution in [3.63, 3.8) is 0 Å². The summed E-state index contributed by atoms with van der Waals surface area (Å²) in [7, 11) is 0. The quantitative estimate of drug-likeness (QED) is 0.508. The minimum Gasteiger partial charge on any atom is -0.349 e. The van der Waals surface area contributed by atoms with Crippen LogP contribution in [0.1, 0.15) is 40.2 Å². The van der Waals surface area contributed by atoms with Crippen LogP contribution < -0.4 is 5.32 Å². The maximum atomic E-state index is 12.3. The maximum absolute atomic E-state index is 12.3. The van der Waals surface area contributed by atoms with Gasteiger partial charge >= 0.3 is 0 Å². The van der Waals surface area contributed by atoms with Crippen LogP contribution in [0.4, 0.5) is 0 Å². The summed E-state index contributed by atoms with van der Waals surface area (Å²) in [5, 5.41) is 2.89. The lowest BCUT2D eigenvalue weighted by Crippen LogP contribution is -2.38. The van der Waals surface area contributed by atoms with Crippen LogP contribution in [0.3, 0.4) is 0 Å². The van der Waals surface area contributed by atoms with E-state index >= 15 is 0 Å². The Hall–Kier alpha value is -1.90. The summed E-state index contributed by atoms with van der Waals surface area (Å²) in [5.41, 5.74) is 1.85. The number of benzene rings is 1. The first-order valence-electron chi connectivity index (χ1n) is 6.92. The molecule has 0 fully saturated rings. The number of carbonyl (C=O) groups is 2. The Balaban J connectivity index is 3.12. The molecule has 3 nitrogen and oxygen atoms in total. The first-order chi connectivity index (χ1) is 9.34. The normalized spacial score (nSPS) is 13.7. The maximum Gasteiger partial charge on any atom is 0.255 e. The molecule has 1 aromatic carbocycles. The lowest BCUT2D eigenvalue weighted by atomic mass is 9.97. The molecule has 1 amide bonds. The molecule has 0 unspecified atom stereocenters. The molecule has 108 valence electrons. The summed E-state index contributed by atoms with van der Waals surface area (Å²) in [6, 6.07) is 9.52. The first kappa shape index (κ1) is 16.2. The van der Waals surface area contributed by atoms with Crippen molar-refractivity contribution in [2.24, 2.45) is 5.92 Å². The van der Waals surface area contributed by atoms with Crippen molar-refractivity contribution in [2.45, 2.75) is 40.7 Å². The predicted octanol–water partition coefficient (Wildman–Crippen LogP) is 3.21. The number of Topliss-reactive ketones (excluding diaryl/α,β-unsaturated/α-hetero) is 1. The van der Waals surface area contributed by atoms with Gasteiger partial charge in [-0.3, -0.25) is 9.59 Å². The van der Waals surface area contributed by atoms with E-state index in [4.69, 9.17) is 0 Å². The van der Waals surface area contributed by atoms with Crippen LogP contribution >= 0.6 is 0 Å². The van der Waals surface area contributed by atoms with Gasteiger partial charge in [-0.25, -0.2) is 0 Å². The Labute approximate surface area is 121 Å². The van der Waals surface area contributed by atoms with Gasteiger partial charge in [0.25, 0.3) is 5.91 Å². The van der Waals surface area contributed by atoms with Gasteiger partial charge in [0, 0.05) is 6.04 Å². The van der Waals surface area contributed by atoms with Gasteiger partial charge in [-0.15, -0.1) is 0 Å². The van der Waals surface area contributed by atoms with Gasteiger partial charge in [0.15, 0.2) is 5.78 Å². The number of nitrogens with one attached hydrogen (secondary N) is 1. The zero-order valence-corrected chi connectivity index (χ0v) is 12.9. The molecule has 0 radical (unpaired) electrons. The minimum absolute atomic E-state index is 0.0282. The van der Waals surface area contributed by atoms with Crippen LogP contribution in [0.5, 0.6) is 0 Å². The van der Waals surface area contributed by atoms with Crippen molar-refractivity contribution in [3.8, 4) is 0 Å². The zero-order chi connectivity index (χ0) is 15.3. The third-order valence-electron chi connectivity index (χ3n) is 3.52. The van der Waals surface area contributed by atoms with Crippen LogP contribution in [-0.2, 0) is 9.59 Å². The monoisotopic (exact) mass is 273 g/mol. The molecule has 0 bridgehead atoms. The van der Waals surface area contributed by atoms with Gasteiger partial charge in [-0.1, -0.05) is 44.2 Å². The Morgan fingerprint density at radius 3 is 2.00 bits per heavy atom. The SMILES string of the molecule is CC(=O)/C(C(=O)N[C@@H](C)C(C)C)=C(/C)c1ccccc1. The zero-order valence-electron chi connectivity index (χ0n) is 12.9. The molecule has 0 saturated heterocycles. The summed E-state index contributed by atoms with van der Waals surface area (Å²) in [6.45, 7) is 9.25. The van der Waals surface area contributed by atoms with Crippen LogP contribution in [0.2, 0.25) is 0 Å². The van der Waals surface area contributed by atoms with Crippen LogP contribution in [0.15, 0.2) is 35.9 Å². The standard InChI is InChI=1S/C17H23NO2/c1-11(2)13(4)18-17(20)16(14(5)19)12(3)15-9-7-6-8-10-15/h6-11,13H,1-5H3,(H,18,20)/b16-12+/t13-/m0/s1. The fourth-order valence-electron chi connectivity index (χ4n) is 1.87. The first-order valence-corrected chi connectivity index (χ1v) is 6.92. The van der Waals surface area contributed by atoms with Gasteiger partial charge in [-0.2, -0.15) is 0 Å². The van der Waals surface area contributed by atoms with E-state index in [9.17, 15) is 9.59 Å². The number of carbonyl (C=O) groups excluding carboxylic acids is 2. The lowest BCUT2D eigenvalue weighted by Gasteiger charge is -2.19. The van der Waals surface area contributed by atoms with E-state index in [0.717, 1.165) is 5.56 Å². The fourth-order valence-corrected chi connectivity index (χ4v) is 1.87. The predicted molar refractivity (Wildman–Crippen MR) is 82.2 cm³/mol. The molecular formula is C17H23NO2. The fraction of sp³-hybridized carbons (Fsp3) is 0.412. The number of hydrogen-bond donors (Lipinski definition) is 1. The molecule has 1 atom stereocenters. The Morgan fingerprint density at radius 1 is 1.00 bits per heavy atom. The molecule has 0 aliphatic rings. The number of allylic oxidation sites excluding steroid dienone is 1. The average molecular weight is 273 g/mol. The second kappa shape index (κ2) is 7.04. The molecule has 0 aliphatic carbocycles. The molecular weight excluding hydrogens is 250 g/mol. The van der Waals surface area contributed by atoms with Crippen molar-refractivity contribution >= 4 is 17.3 Å². The molecule has 0 saturated carbocycles. The van der Waals surface area contributed by atoms with E-state index in [-0.39, 0.29) is 23.3 Å². The van der Waals surface area contributed by atoms with E-state index in [1.54, 1.807) is 0 Å². The number of hydrogen-bond acceptors (Lipinski definition) is 2. The second-order valence-electron chi connectivity index (χ2n) is 5.43. The highest BCUT2D eigenvalue weighted by atomic mass is 16.2. The van der Waals surface area contributed by atoms with Gasteiger partial charge in [-0.05, 0) is 37.8 Å². The van der Waals surface area contributed by atoms with E-state index in [1.165, 1.54) is 6.92 Å². The van der Waals surface area contributed by atoms with E-state index in [2.05, 4.69) is 5.32 Å². The highest BCUT2D eigenvalue weighted by molar-refractivity contribution is 6.23. The molecule has 1 N–H and O–H groups in total. The molecule has 1 aromatic rings. The molecule has 0 aromatic heterocycles. The Kier molecular flexibility index (Phi) is 5.68. The average Bonchev–Trinajstić information content (AvgIpc) is 2.39. The van der Waals surface area contributed by atoms with E-state index in [0.29, 0.717) is 11.5 Å². The third kappa shape index (κ3) is 4.05. The van der Waals surface area contributed by atoms with Crippen molar-refractivity contribution in [2.75, 3.05) is 0 Å². The molecule has 0 spiro atoms. The second-order valence-corrected chi connectivity index (χ2v) is 5.43. The van der Waals surface area contributed by atoms with Gasteiger partial charge in [0.1, 0.15) is 0 Å². The molecule has 0 heterocycles. The lowest BCUT2D eigenvalue weighted by molar-refractivity contribution is -0.122. The van der Waals surface area contributed by atoms with Gasteiger partial charge < -0.3 is 5.32 Å². The van der Waals surface area contributed by atoms with E-state index < -0.39 is 0 Å². The number of rotatable bonds is 5. The molecule has 0 aliphatic heterocycles.